The zero-order valence-corrected chi connectivity index (χ0v) is 9.91. The van der Waals surface area contributed by atoms with Crippen molar-refractivity contribution in [3.05, 3.63) is 30.1 Å². The van der Waals surface area contributed by atoms with Gasteiger partial charge in [0.2, 0.25) is 0 Å². The Labute approximate surface area is 97.4 Å². The maximum atomic E-state index is 4.94. The molecule has 0 aliphatic heterocycles. The summed E-state index contributed by atoms with van der Waals surface area (Å²) in [6, 6.07) is 4.08. The van der Waals surface area contributed by atoms with Crippen molar-refractivity contribution in [3.63, 3.8) is 0 Å². The third-order valence-electron chi connectivity index (χ3n) is 2.27. The highest BCUT2D eigenvalue weighted by atomic mass is 16.5. The van der Waals surface area contributed by atoms with Crippen LogP contribution in [0.25, 0.3) is 0 Å². The monoisotopic (exact) mass is 223 g/mol. The van der Waals surface area contributed by atoms with Gasteiger partial charge < -0.3 is 15.4 Å². The van der Waals surface area contributed by atoms with Crippen LogP contribution in [0, 0.1) is 0 Å². The van der Waals surface area contributed by atoms with Crippen LogP contribution in [0.4, 0.5) is 0 Å². The van der Waals surface area contributed by atoms with Crippen molar-refractivity contribution in [1.29, 1.82) is 0 Å². The number of methoxy groups -OCH3 is 1. The number of hydrogen-bond donors (Lipinski definition) is 2. The van der Waals surface area contributed by atoms with Gasteiger partial charge in [0.15, 0.2) is 0 Å². The summed E-state index contributed by atoms with van der Waals surface area (Å²) in [7, 11) is 1.72. The molecular weight excluding hydrogens is 202 g/mol. The predicted octanol–water partition coefficient (Wildman–Crippen LogP) is 0.450. The molecule has 2 N–H and O–H groups in total. The Kier molecular flexibility index (Phi) is 7.59. The summed E-state index contributed by atoms with van der Waals surface area (Å²) in [4.78, 5) is 4.08. The van der Waals surface area contributed by atoms with E-state index in [-0.39, 0.29) is 0 Å². The topological polar surface area (TPSA) is 46.2 Å². The van der Waals surface area contributed by atoms with E-state index >= 15 is 0 Å². The van der Waals surface area contributed by atoms with E-state index in [0.29, 0.717) is 0 Å². The number of nitrogens with zero attached hydrogens (tertiary/aromatic N) is 1. The van der Waals surface area contributed by atoms with E-state index in [0.717, 1.165) is 39.2 Å². The Hall–Kier alpha value is -0.970. The van der Waals surface area contributed by atoms with Crippen LogP contribution in [-0.4, -0.2) is 44.9 Å². The number of ether oxygens (including phenoxy) is 1. The Morgan fingerprint density at radius 3 is 2.69 bits per heavy atom. The lowest BCUT2D eigenvalue weighted by Crippen LogP contribution is -2.30. The molecule has 0 saturated heterocycles. The van der Waals surface area contributed by atoms with Crippen molar-refractivity contribution >= 4 is 0 Å². The molecule has 1 aromatic heterocycles. The van der Waals surface area contributed by atoms with Gasteiger partial charge in [-0.1, -0.05) is 6.07 Å². The fourth-order valence-corrected chi connectivity index (χ4v) is 1.38. The largest absolute Gasteiger partial charge is 0.383 e. The Bertz CT molecular complexity index is 254. The predicted molar refractivity (Wildman–Crippen MR) is 65.6 cm³/mol. The zero-order valence-electron chi connectivity index (χ0n) is 9.91. The summed E-state index contributed by atoms with van der Waals surface area (Å²) in [6.45, 7) is 4.66. The first-order valence-electron chi connectivity index (χ1n) is 5.73. The summed E-state index contributed by atoms with van der Waals surface area (Å²) < 4.78 is 4.94. The number of rotatable bonds is 9. The molecule has 4 heteroatoms. The zero-order chi connectivity index (χ0) is 11.5. The molecule has 0 amide bonds. The second kappa shape index (κ2) is 9.27. The summed E-state index contributed by atoms with van der Waals surface area (Å²) in [5.41, 5.74) is 1.28. The molecule has 0 aromatic carbocycles. The Morgan fingerprint density at radius 2 is 2.00 bits per heavy atom. The molecule has 0 spiro atoms. The van der Waals surface area contributed by atoms with Gasteiger partial charge in [0.05, 0.1) is 6.61 Å². The molecule has 0 aliphatic rings. The molecule has 0 unspecified atom stereocenters. The van der Waals surface area contributed by atoms with E-state index in [4.69, 9.17) is 4.74 Å². The molecule has 16 heavy (non-hydrogen) atoms. The van der Waals surface area contributed by atoms with Crippen LogP contribution >= 0.6 is 0 Å². The molecule has 4 nitrogen and oxygen atoms in total. The number of pyridine rings is 1. The average molecular weight is 223 g/mol. The molecule has 0 saturated carbocycles. The first kappa shape index (κ1) is 13.1. The van der Waals surface area contributed by atoms with Gasteiger partial charge in [-0.3, -0.25) is 4.98 Å². The molecular formula is C12H21N3O. The van der Waals surface area contributed by atoms with Crippen LogP contribution in [-0.2, 0) is 11.2 Å². The van der Waals surface area contributed by atoms with Gasteiger partial charge in [-0.25, -0.2) is 0 Å². The van der Waals surface area contributed by atoms with E-state index in [2.05, 4.69) is 21.7 Å². The fourth-order valence-electron chi connectivity index (χ4n) is 1.38. The van der Waals surface area contributed by atoms with Gasteiger partial charge in [-0.15, -0.1) is 0 Å². The maximum Gasteiger partial charge on any atom is 0.0587 e. The Balaban J connectivity index is 1.89. The highest BCUT2D eigenvalue weighted by Crippen LogP contribution is 1.94. The standard InChI is InChI=1S/C12H21N3O/c1-16-10-9-14-8-7-13-6-4-12-3-2-5-15-11-12/h2-3,5,11,13-14H,4,6-10H2,1H3. The van der Waals surface area contributed by atoms with Crippen molar-refractivity contribution in [2.45, 2.75) is 6.42 Å². The summed E-state index contributed by atoms with van der Waals surface area (Å²) in [5.74, 6) is 0. The van der Waals surface area contributed by atoms with E-state index in [1.807, 2.05) is 12.3 Å². The SMILES string of the molecule is COCCNCCNCCc1cccnc1. The van der Waals surface area contributed by atoms with Gasteiger partial charge in [-0.2, -0.15) is 0 Å². The molecule has 0 radical (unpaired) electrons. The van der Waals surface area contributed by atoms with E-state index < -0.39 is 0 Å². The molecule has 0 bridgehead atoms. The first-order valence-corrected chi connectivity index (χ1v) is 5.73. The van der Waals surface area contributed by atoms with Crippen LogP contribution < -0.4 is 10.6 Å². The van der Waals surface area contributed by atoms with E-state index in [9.17, 15) is 0 Å². The first-order chi connectivity index (χ1) is 7.93. The number of aromatic nitrogens is 1. The quantitative estimate of drug-likeness (QED) is 0.597. The van der Waals surface area contributed by atoms with Gasteiger partial charge in [0.1, 0.15) is 0 Å². The normalized spacial score (nSPS) is 10.6. The maximum absolute atomic E-state index is 4.94. The molecule has 90 valence electrons. The highest BCUT2D eigenvalue weighted by molar-refractivity contribution is 5.08. The van der Waals surface area contributed by atoms with Crippen molar-refractivity contribution < 1.29 is 4.74 Å². The summed E-state index contributed by atoms with van der Waals surface area (Å²) >= 11 is 0. The molecule has 1 heterocycles. The van der Waals surface area contributed by atoms with E-state index in [1.165, 1.54) is 5.56 Å². The number of hydrogen-bond acceptors (Lipinski definition) is 4. The van der Waals surface area contributed by atoms with Gasteiger partial charge >= 0.3 is 0 Å². The van der Waals surface area contributed by atoms with Crippen LogP contribution in [0.3, 0.4) is 0 Å². The van der Waals surface area contributed by atoms with E-state index in [1.54, 1.807) is 13.3 Å². The minimum Gasteiger partial charge on any atom is -0.383 e. The van der Waals surface area contributed by atoms with Gasteiger partial charge in [0.25, 0.3) is 0 Å². The third kappa shape index (κ3) is 6.50. The smallest absolute Gasteiger partial charge is 0.0587 e. The second-order valence-corrected chi connectivity index (χ2v) is 3.60. The third-order valence-corrected chi connectivity index (χ3v) is 2.27. The fraction of sp³-hybridized carbons (Fsp3) is 0.583. The molecule has 0 fully saturated rings. The lowest BCUT2D eigenvalue weighted by Gasteiger charge is -2.06. The van der Waals surface area contributed by atoms with Crippen molar-refractivity contribution in [2.24, 2.45) is 0 Å². The average Bonchev–Trinajstić information content (AvgIpc) is 2.34. The lowest BCUT2D eigenvalue weighted by molar-refractivity contribution is 0.199. The van der Waals surface area contributed by atoms with Crippen molar-refractivity contribution in [2.75, 3.05) is 39.9 Å². The summed E-state index contributed by atoms with van der Waals surface area (Å²) in [6.07, 6.45) is 4.75. The van der Waals surface area contributed by atoms with Crippen LogP contribution in [0.15, 0.2) is 24.5 Å². The minimum atomic E-state index is 0.773. The molecule has 1 aromatic rings. The molecule has 0 aliphatic carbocycles. The highest BCUT2D eigenvalue weighted by Gasteiger charge is 1.91. The second-order valence-electron chi connectivity index (χ2n) is 3.60. The lowest BCUT2D eigenvalue weighted by atomic mass is 10.2. The molecule has 1 rings (SSSR count). The minimum absolute atomic E-state index is 0.773. The summed E-state index contributed by atoms with van der Waals surface area (Å²) in [5, 5.41) is 6.66. The van der Waals surface area contributed by atoms with Gasteiger partial charge in [0, 0.05) is 39.1 Å². The number of nitrogens with one attached hydrogen (secondary N) is 2. The van der Waals surface area contributed by atoms with Crippen molar-refractivity contribution in [1.82, 2.24) is 15.6 Å². The van der Waals surface area contributed by atoms with Crippen LogP contribution in [0.1, 0.15) is 5.56 Å². The molecule has 0 atom stereocenters. The van der Waals surface area contributed by atoms with Crippen molar-refractivity contribution in [3.8, 4) is 0 Å². The van der Waals surface area contributed by atoms with Crippen LogP contribution in [0.5, 0.6) is 0 Å². The van der Waals surface area contributed by atoms with Crippen LogP contribution in [0.2, 0.25) is 0 Å². The van der Waals surface area contributed by atoms with Gasteiger partial charge in [-0.05, 0) is 24.6 Å². The Morgan fingerprint density at radius 1 is 1.19 bits per heavy atom.